The fourth-order valence-corrected chi connectivity index (χ4v) is 5.77. The number of aliphatic hydroxyl groups is 1. The standard InChI is InChI=1S/C19H25N3O2.C14H20O.CH4O/c1-13(2)18-21-16(12-24-18)15-9-10-20-17(11-15)22(3)19(23)14-7-5-4-6-8-14;1-11-10-13(8-9-14(11)15-2)12-6-4-3-5-7-12;1-2/h9-14H,4-8H2,1-3H3;8-10,12H,3-7H2,1-2H3;2H,1H3. The summed E-state index contributed by atoms with van der Waals surface area (Å²) in [6.07, 6.45) is 15.9. The summed E-state index contributed by atoms with van der Waals surface area (Å²) in [7, 11) is 4.55. The van der Waals surface area contributed by atoms with E-state index in [1.54, 1.807) is 24.5 Å². The summed E-state index contributed by atoms with van der Waals surface area (Å²) in [4.78, 5) is 23.3. The van der Waals surface area contributed by atoms with Crippen LogP contribution in [-0.4, -0.2) is 42.2 Å². The smallest absolute Gasteiger partial charge is 0.230 e. The number of anilines is 1. The van der Waals surface area contributed by atoms with Crippen LogP contribution in [0.3, 0.4) is 0 Å². The van der Waals surface area contributed by atoms with Crippen LogP contribution in [0.4, 0.5) is 5.82 Å². The van der Waals surface area contributed by atoms with E-state index in [4.69, 9.17) is 14.3 Å². The summed E-state index contributed by atoms with van der Waals surface area (Å²) in [6.45, 7) is 6.22. The lowest BCUT2D eigenvalue weighted by Gasteiger charge is -2.26. The Morgan fingerprint density at radius 2 is 1.66 bits per heavy atom. The molecule has 7 heteroatoms. The normalized spacial score (nSPS) is 15.8. The number of carbonyl (C=O) groups is 1. The molecule has 3 aromatic rings. The predicted molar refractivity (Wildman–Crippen MR) is 166 cm³/mol. The van der Waals surface area contributed by atoms with Crippen molar-refractivity contribution in [2.75, 3.05) is 26.2 Å². The number of aromatic nitrogens is 2. The van der Waals surface area contributed by atoms with Gasteiger partial charge >= 0.3 is 0 Å². The number of rotatable bonds is 6. The molecule has 7 nitrogen and oxygen atoms in total. The van der Waals surface area contributed by atoms with Crippen LogP contribution < -0.4 is 9.64 Å². The second kappa shape index (κ2) is 16.3. The molecular weight excluding hydrogens is 514 g/mol. The molecule has 2 aliphatic carbocycles. The highest BCUT2D eigenvalue weighted by atomic mass is 16.5. The Labute approximate surface area is 246 Å². The van der Waals surface area contributed by atoms with Crippen LogP contribution in [-0.2, 0) is 4.79 Å². The molecule has 2 aliphatic rings. The fourth-order valence-electron chi connectivity index (χ4n) is 5.77. The van der Waals surface area contributed by atoms with Crippen molar-refractivity contribution in [1.29, 1.82) is 0 Å². The molecule has 1 N–H and O–H groups in total. The van der Waals surface area contributed by atoms with Gasteiger partial charge in [0.2, 0.25) is 5.91 Å². The van der Waals surface area contributed by atoms with Gasteiger partial charge in [0.15, 0.2) is 5.89 Å². The zero-order valence-corrected chi connectivity index (χ0v) is 25.9. The lowest BCUT2D eigenvalue weighted by atomic mass is 9.83. The fraction of sp³-hybridized carbons (Fsp3) is 0.559. The number of oxazole rings is 1. The molecule has 224 valence electrons. The number of aliphatic hydroxyl groups excluding tert-OH is 1. The number of carbonyl (C=O) groups excluding carboxylic acids is 1. The molecule has 0 aliphatic heterocycles. The second-order valence-electron chi connectivity index (χ2n) is 11.4. The Balaban J connectivity index is 0.000000233. The van der Waals surface area contributed by atoms with E-state index in [1.807, 2.05) is 33.0 Å². The Morgan fingerprint density at radius 1 is 1.00 bits per heavy atom. The van der Waals surface area contributed by atoms with Gasteiger partial charge < -0.3 is 14.3 Å². The van der Waals surface area contributed by atoms with Gasteiger partial charge in [-0.1, -0.05) is 64.5 Å². The van der Waals surface area contributed by atoms with Crippen molar-refractivity contribution in [2.45, 2.75) is 96.8 Å². The third kappa shape index (κ3) is 8.90. The van der Waals surface area contributed by atoms with Crippen molar-refractivity contribution in [1.82, 2.24) is 9.97 Å². The molecule has 0 saturated heterocycles. The monoisotopic (exact) mass is 563 g/mol. The quantitative estimate of drug-likeness (QED) is 0.326. The zero-order valence-electron chi connectivity index (χ0n) is 25.9. The van der Waals surface area contributed by atoms with Crippen LogP contribution in [0.15, 0.2) is 47.2 Å². The molecule has 0 radical (unpaired) electrons. The third-order valence-electron chi connectivity index (χ3n) is 8.18. The van der Waals surface area contributed by atoms with Crippen LogP contribution in [0, 0.1) is 12.8 Å². The predicted octanol–water partition coefficient (Wildman–Crippen LogP) is 8.06. The van der Waals surface area contributed by atoms with Crippen LogP contribution in [0.1, 0.15) is 107 Å². The van der Waals surface area contributed by atoms with Crippen molar-refractivity contribution in [3.8, 4) is 17.0 Å². The number of ether oxygens (including phenoxy) is 1. The summed E-state index contributed by atoms with van der Waals surface area (Å²) in [6, 6.07) is 10.4. The van der Waals surface area contributed by atoms with Gasteiger partial charge in [0.1, 0.15) is 23.5 Å². The van der Waals surface area contributed by atoms with Gasteiger partial charge in [-0.3, -0.25) is 9.69 Å². The third-order valence-corrected chi connectivity index (χ3v) is 8.18. The molecule has 2 heterocycles. The molecule has 2 fully saturated rings. The molecular formula is C34H49N3O4. The number of methoxy groups -OCH3 is 1. The van der Waals surface area contributed by atoms with Gasteiger partial charge in [-0.05, 0) is 67.9 Å². The Bertz CT molecular complexity index is 1210. The lowest BCUT2D eigenvalue weighted by Crippen LogP contribution is -2.34. The van der Waals surface area contributed by atoms with Gasteiger partial charge in [0.05, 0.1) is 7.11 Å². The molecule has 0 atom stereocenters. The Morgan fingerprint density at radius 3 is 2.24 bits per heavy atom. The Hall–Kier alpha value is -3.19. The molecule has 41 heavy (non-hydrogen) atoms. The van der Waals surface area contributed by atoms with Crippen molar-refractivity contribution in [2.24, 2.45) is 5.92 Å². The van der Waals surface area contributed by atoms with Crippen molar-refractivity contribution >= 4 is 11.7 Å². The second-order valence-corrected chi connectivity index (χ2v) is 11.4. The Kier molecular flexibility index (Phi) is 12.9. The highest BCUT2D eigenvalue weighted by Crippen LogP contribution is 2.34. The van der Waals surface area contributed by atoms with E-state index in [1.165, 1.54) is 49.7 Å². The molecule has 0 bridgehead atoms. The highest BCUT2D eigenvalue weighted by molar-refractivity contribution is 5.94. The average molecular weight is 564 g/mol. The van der Waals surface area contributed by atoms with E-state index in [9.17, 15) is 4.79 Å². The first-order valence-electron chi connectivity index (χ1n) is 15.2. The summed E-state index contributed by atoms with van der Waals surface area (Å²) in [5.41, 5.74) is 4.47. The minimum absolute atomic E-state index is 0.133. The first-order valence-corrected chi connectivity index (χ1v) is 15.2. The summed E-state index contributed by atoms with van der Waals surface area (Å²) in [5.74, 6) is 3.73. The van der Waals surface area contributed by atoms with Crippen LogP contribution in [0.25, 0.3) is 11.3 Å². The van der Waals surface area contributed by atoms with Crippen LogP contribution in [0.5, 0.6) is 5.75 Å². The van der Waals surface area contributed by atoms with Gasteiger partial charge in [-0.15, -0.1) is 0 Å². The van der Waals surface area contributed by atoms with Crippen molar-refractivity contribution in [3.05, 3.63) is 59.8 Å². The number of aryl methyl sites for hydroxylation is 1. The summed E-state index contributed by atoms with van der Waals surface area (Å²) >= 11 is 0. The van der Waals surface area contributed by atoms with Gasteiger partial charge in [-0.25, -0.2) is 9.97 Å². The van der Waals surface area contributed by atoms with Crippen molar-refractivity contribution < 1.29 is 19.1 Å². The molecule has 2 aromatic heterocycles. The van der Waals surface area contributed by atoms with Gasteiger partial charge in [0.25, 0.3) is 0 Å². The first-order chi connectivity index (χ1) is 19.9. The first kappa shape index (κ1) is 32.3. The minimum Gasteiger partial charge on any atom is -0.496 e. The number of hydrogen-bond acceptors (Lipinski definition) is 6. The van der Waals surface area contributed by atoms with Gasteiger partial charge in [0, 0.05) is 37.8 Å². The van der Waals surface area contributed by atoms with E-state index in [2.05, 4.69) is 35.1 Å². The van der Waals surface area contributed by atoms with E-state index in [-0.39, 0.29) is 17.7 Å². The number of nitrogens with zero attached hydrogens (tertiary/aromatic N) is 3. The number of benzene rings is 1. The highest BCUT2D eigenvalue weighted by Gasteiger charge is 2.25. The number of amides is 1. The molecule has 5 rings (SSSR count). The maximum Gasteiger partial charge on any atom is 0.230 e. The van der Waals surface area contributed by atoms with Crippen LogP contribution >= 0.6 is 0 Å². The number of pyridine rings is 1. The largest absolute Gasteiger partial charge is 0.496 e. The maximum atomic E-state index is 12.7. The van der Waals surface area contributed by atoms with E-state index >= 15 is 0 Å². The molecule has 0 unspecified atom stereocenters. The lowest BCUT2D eigenvalue weighted by molar-refractivity contribution is -0.123. The SMILES string of the molecule is CC(C)c1nc(-c2ccnc(N(C)C(=O)C3CCCCC3)c2)co1.CO.COc1ccc(C2CCCCC2)cc1C. The molecule has 1 aromatic carbocycles. The average Bonchev–Trinajstić information content (AvgIpc) is 3.54. The molecule has 1 amide bonds. The molecule has 2 saturated carbocycles. The van der Waals surface area contributed by atoms with Gasteiger partial charge in [-0.2, -0.15) is 0 Å². The van der Waals surface area contributed by atoms with E-state index in [0.717, 1.165) is 61.6 Å². The summed E-state index contributed by atoms with van der Waals surface area (Å²) < 4.78 is 10.8. The van der Waals surface area contributed by atoms with Crippen LogP contribution in [0.2, 0.25) is 0 Å². The topological polar surface area (TPSA) is 88.7 Å². The minimum atomic E-state index is 0.133. The van der Waals surface area contributed by atoms with E-state index < -0.39 is 0 Å². The number of hydrogen-bond donors (Lipinski definition) is 1. The zero-order chi connectivity index (χ0) is 29.8. The summed E-state index contributed by atoms with van der Waals surface area (Å²) in [5, 5.41) is 7.00. The molecule has 0 spiro atoms. The van der Waals surface area contributed by atoms with E-state index in [0.29, 0.717) is 5.82 Å². The van der Waals surface area contributed by atoms with Crippen molar-refractivity contribution in [3.63, 3.8) is 0 Å². The maximum absolute atomic E-state index is 12.7.